The number of fused-ring (bicyclic) bond motifs is 1. The molecule has 6 heteroatoms. The molecule has 3 aromatic rings. The van der Waals surface area contributed by atoms with E-state index >= 15 is 0 Å². The Morgan fingerprint density at radius 2 is 1.81 bits per heavy atom. The van der Waals surface area contributed by atoms with E-state index in [1.807, 2.05) is 37.4 Å². The standard InChI is InChI=1S/C21H26N2O3S/c1-15(2)13-16(3)23(18-9-10-19-17(14-18)11-12-22-19)27(24,25)21-8-6-5-7-20(21)26-4/h5-12,14-16,22H,13H2,1-4H3/t16-/m1/s1. The fraction of sp³-hybridized carbons (Fsp3) is 0.333. The molecule has 0 spiro atoms. The van der Waals surface area contributed by atoms with E-state index in [0.29, 0.717) is 17.4 Å². The van der Waals surface area contributed by atoms with Gasteiger partial charge in [0, 0.05) is 23.1 Å². The first-order valence-electron chi connectivity index (χ1n) is 9.09. The fourth-order valence-corrected chi connectivity index (χ4v) is 5.34. The highest BCUT2D eigenvalue weighted by Gasteiger charge is 2.32. The molecule has 0 amide bonds. The van der Waals surface area contributed by atoms with Gasteiger partial charge in [0.15, 0.2) is 0 Å². The van der Waals surface area contributed by atoms with Crippen LogP contribution in [0.2, 0.25) is 0 Å². The lowest BCUT2D eigenvalue weighted by Crippen LogP contribution is -2.39. The molecule has 0 saturated carbocycles. The molecular formula is C21H26N2O3S. The van der Waals surface area contributed by atoms with Crippen LogP contribution in [0.15, 0.2) is 59.6 Å². The number of hydrogen-bond donors (Lipinski definition) is 1. The van der Waals surface area contributed by atoms with Gasteiger partial charge in [0.25, 0.3) is 10.0 Å². The van der Waals surface area contributed by atoms with E-state index in [-0.39, 0.29) is 10.9 Å². The van der Waals surface area contributed by atoms with E-state index in [0.717, 1.165) is 17.3 Å². The Kier molecular flexibility index (Phi) is 5.46. The molecule has 1 N–H and O–H groups in total. The van der Waals surface area contributed by atoms with Crippen molar-refractivity contribution in [2.75, 3.05) is 11.4 Å². The second kappa shape index (κ2) is 7.64. The molecule has 0 aliphatic rings. The third kappa shape index (κ3) is 3.81. The highest BCUT2D eigenvalue weighted by molar-refractivity contribution is 7.93. The molecule has 1 atom stereocenters. The second-order valence-electron chi connectivity index (χ2n) is 7.18. The molecule has 1 heterocycles. The number of nitrogens with one attached hydrogen (secondary N) is 1. The summed E-state index contributed by atoms with van der Waals surface area (Å²) in [5.74, 6) is 0.716. The number of anilines is 1. The molecule has 144 valence electrons. The maximum atomic E-state index is 13.6. The molecule has 2 aromatic carbocycles. The zero-order chi connectivity index (χ0) is 19.6. The molecule has 1 aromatic heterocycles. The number of benzene rings is 2. The van der Waals surface area contributed by atoms with Crippen LogP contribution in [0.3, 0.4) is 0 Å². The third-order valence-electron chi connectivity index (χ3n) is 4.61. The maximum Gasteiger partial charge on any atom is 0.268 e. The first-order chi connectivity index (χ1) is 12.8. The number of sulfonamides is 1. The van der Waals surface area contributed by atoms with Gasteiger partial charge >= 0.3 is 0 Å². The second-order valence-corrected chi connectivity index (χ2v) is 8.96. The zero-order valence-corrected chi connectivity index (χ0v) is 17.0. The molecule has 0 radical (unpaired) electrons. The topological polar surface area (TPSA) is 62.4 Å². The molecule has 5 nitrogen and oxygen atoms in total. The van der Waals surface area contributed by atoms with Crippen molar-refractivity contribution in [3.05, 3.63) is 54.7 Å². The van der Waals surface area contributed by atoms with Crippen molar-refractivity contribution in [3.63, 3.8) is 0 Å². The molecule has 0 aliphatic carbocycles. The smallest absolute Gasteiger partial charge is 0.268 e. The molecule has 0 saturated heterocycles. The minimum Gasteiger partial charge on any atom is -0.495 e. The van der Waals surface area contributed by atoms with E-state index < -0.39 is 10.0 Å². The summed E-state index contributed by atoms with van der Waals surface area (Å²) in [6.45, 7) is 6.15. The summed E-state index contributed by atoms with van der Waals surface area (Å²) < 4.78 is 34.1. The number of nitrogens with zero attached hydrogens (tertiary/aromatic N) is 1. The van der Waals surface area contributed by atoms with E-state index in [1.54, 1.807) is 24.3 Å². The largest absolute Gasteiger partial charge is 0.495 e. The van der Waals surface area contributed by atoms with Crippen molar-refractivity contribution >= 4 is 26.6 Å². The van der Waals surface area contributed by atoms with Crippen molar-refractivity contribution in [2.24, 2.45) is 5.92 Å². The summed E-state index contributed by atoms with van der Waals surface area (Å²) >= 11 is 0. The zero-order valence-electron chi connectivity index (χ0n) is 16.1. The normalized spacial score (nSPS) is 13.1. The summed E-state index contributed by atoms with van der Waals surface area (Å²) in [5, 5.41) is 0.976. The van der Waals surface area contributed by atoms with Crippen LogP contribution in [-0.4, -0.2) is 26.6 Å². The summed E-state index contributed by atoms with van der Waals surface area (Å²) in [4.78, 5) is 3.33. The summed E-state index contributed by atoms with van der Waals surface area (Å²) in [6.07, 6.45) is 2.60. The van der Waals surface area contributed by atoms with Gasteiger partial charge in [-0.2, -0.15) is 0 Å². The number of aromatic amines is 1. The lowest BCUT2D eigenvalue weighted by atomic mass is 10.0. The minimum absolute atomic E-state index is 0.178. The minimum atomic E-state index is -3.80. The van der Waals surface area contributed by atoms with Gasteiger partial charge in [0.1, 0.15) is 10.6 Å². The van der Waals surface area contributed by atoms with Crippen molar-refractivity contribution in [3.8, 4) is 5.75 Å². The van der Waals surface area contributed by atoms with Crippen molar-refractivity contribution < 1.29 is 13.2 Å². The Labute approximate surface area is 161 Å². The average Bonchev–Trinajstić information content (AvgIpc) is 3.08. The monoisotopic (exact) mass is 386 g/mol. The molecular weight excluding hydrogens is 360 g/mol. The Bertz CT molecular complexity index is 1020. The number of H-pyrrole nitrogens is 1. The number of hydrogen-bond acceptors (Lipinski definition) is 3. The van der Waals surface area contributed by atoms with Crippen molar-refractivity contribution in [1.29, 1.82) is 0 Å². The number of methoxy groups -OCH3 is 1. The van der Waals surface area contributed by atoms with Gasteiger partial charge in [-0.05, 0) is 55.7 Å². The molecule has 27 heavy (non-hydrogen) atoms. The predicted molar refractivity (Wildman–Crippen MR) is 110 cm³/mol. The predicted octanol–water partition coefficient (Wildman–Crippen LogP) is 4.81. The van der Waals surface area contributed by atoms with Crippen molar-refractivity contribution in [1.82, 2.24) is 4.98 Å². The number of ether oxygens (including phenoxy) is 1. The Morgan fingerprint density at radius 3 is 2.52 bits per heavy atom. The van der Waals surface area contributed by atoms with Gasteiger partial charge in [0.2, 0.25) is 0 Å². The van der Waals surface area contributed by atoms with Gasteiger partial charge in [-0.3, -0.25) is 4.31 Å². The summed E-state index contributed by atoms with van der Waals surface area (Å²) in [7, 11) is -2.31. The van der Waals surface area contributed by atoms with E-state index in [1.165, 1.54) is 11.4 Å². The highest BCUT2D eigenvalue weighted by Crippen LogP contribution is 2.34. The van der Waals surface area contributed by atoms with Gasteiger partial charge in [-0.1, -0.05) is 26.0 Å². The van der Waals surface area contributed by atoms with Crippen LogP contribution in [0.4, 0.5) is 5.69 Å². The number of para-hydroxylation sites is 1. The van der Waals surface area contributed by atoms with Crippen LogP contribution in [0.25, 0.3) is 10.9 Å². The quantitative estimate of drug-likeness (QED) is 0.634. The van der Waals surface area contributed by atoms with Crippen LogP contribution in [-0.2, 0) is 10.0 Å². The van der Waals surface area contributed by atoms with Gasteiger partial charge < -0.3 is 9.72 Å². The fourth-order valence-electron chi connectivity index (χ4n) is 3.52. The van der Waals surface area contributed by atoms with Crippen LogP contribution in [0.5, 0.6) is 5.75 Å². The highest BCUT2D eigenvalue weighted by atomic mass is 32.2. The molecule has 0 fully saturated rings. The lowest BCUT2D eigenvalue weighted by molar-refractivity contribution is 0.402. The van der Waals surface area contributed by atoms with Crippen LogP contribution >= 0.6 is 0 Å². The van der Waals surface area contributed by atoms with Gasteiger partial charge in [0.05, 0.1) is 12.8 Å². The number of aromatic nitrogens is 1. The van der Waals surface area contributed by atoms with E-state index in [2.05, 4.69) is 18.8 Å². The Balaban J connectivity index is 2.16. The average molecular weight is 387 g/mol. The molecule has 0 bridgehead atoms. The van der Waals surface area contributed by atoms with Crippen molar-refractivity contribution in [2.45, 2.75) is 38.1 Å². The molecule has 3 rings (SSSR count). The third-order valence-corrected chi connectivity index (χ3v) is 6.59. The van der Waals surface area contributed by atoms with Gasteiger partial charge in [-0.25, -0.2) is 8.42 Å². The Morgan fingerprint density at radius 1 is 1.07 bits per heavy atom. The first kappa shape index (κ1) is 19.3. The Hall–Kier alpha value is -2.47. The number of rotatable bonds is 7. The summed E-state index contributed by atoms with van der Waals surface area (Å²) in [5.41, 5.74) is 1.63. The SMILES string of the molecule is COc1ccccc1S(=O)(=O)N(c1ccc2[nH]ccc2c1)[C@H](C)CC(C)C. The first-order valence-corrected chi connectivity index (χ1v) is 10.5. The van der Waals surface area contributed by atoms with Gasteiger partial charge in [-0.15, -0.1) is 0 Å². The lowest BCUT2D eigenvalue weighted by Gasteiger charge is -2.32. The van der Waals surface area contributed by atoms with Crippen LogP contribution < -0.4 is 9.04 Å². The van der Waals surface area contributed by atoms with Crippen LogP contribution in [0.1, 0.15) is 27.2 Å². The summed E-state index contributed by atoms with van der Waals surface area (Å²) in [6, 6.07) is 14.2. The molecule has 0 aliphatic heterocycles. The maximum absolute atomic E-state index is 13.6. The van der Waals surface area contributed by atoms with E-state index in [4.69, 9.17) is 4.74 Å². The molecule has 0 unspecified atom stereocenters. The van der Waals surface area contributed by atoms with Crippen LogP contribution in [0, 0.1) is 5.92 Å². The van der Waals surface area contributed by atoms with E-state index in [9.17, 15) is 8.42 Å².